The summed E-state index contributed by atoms with van der Waals surface area (Å²) in [7, 11) is 0. The molecule has 162 valence electrons. The summed E-state index contributed by atoms with van der Waals surface area (Å²) in [5.41, 5.74) is 8.60. The molecule has 7 heteroatoms. The Hall–Kier alpha value is -2.80. The molecule has 0 spiro atoms. The fourth-order valence-electron chi connectivity index (χ4n) is 3.57. The Balaban J connectivity index is 1.42. The number of carbonyl (C=O) groups excluding carboxylic acids is 1. The SMILES string of the molecule is CCOC(=O)C1CCC(Nc2cc(OCCOCc3ccccc3)ncc2N)CC1. The number of nitrogens with two attached hydrogens (primary N) is 1. The first kappa shape index (κ1) is 21.9. The van der Waals surface area contributed by atoms with Crippen molar-refractivity contribution in [2.45, 2.75) is 45.3 Å². The van der Waals surface area contributed by atoms with E-state index in [4.69, 9.17) is 19.9 Å². The minimum Gasteiger partial charge on any atom is -0.475 e. The fraction of sp³-hybridized carbons (Fsp3) is 0.478. The number of nitrogens with zero attached hydrogens (tertiary/aromatic N) is 1. The molecule has 0 saturated heterocycles. The Morgan fingerprint density at radius 1 is 1.17 bits per heavy atom. The van der Waals surface area contributed by atoms with Crippen LogP contribution in [0.15, 0.2) is 42.6 Å². The smallest absolute Gasteiger partial charge is 0.308 e. The summed E-state index contributed by atoms with van der Waals surface area (Å²) in [6.45, 7) is 3.72. The molecule has 0 atom stereocenters. The van der Waals surface area contributed by atoms with Gasteiger partial charge in [0.25, 0.3) is 0 Å². The van der Waals surface area contributed by atoms with Crippen molar-refractivity contribution in [2.75, 3.05) is 30.9 Å². The van der Waals surface area contributed by atoms with Gasteiger partial charge in [-0.3, -0.25) is 4.79 Å². The molecule has 1 fully saturated rings. The largest absolute Gasteiger partial charge is 0.475 e. The number of hydrogen-bond acceptors (Lipinski definition) is 7. The summed E-state index contributed by atoms with van der Waals surface area (Å²) in [6.07, 6.45) is 5.05. The molecule has 1 aliphatic carbocycles. The highest BCUT2D eigenvalue weighted by Gasteiger charge is 2.27. The first-order chi connectivity index (χ1) is 14.7. The van der Waals surface area contributed by atoms with Crippen molar-refractivity contribution < 1.29 is 19.0 Å². The standard InChI is InChI=1S/C23H31N3O4/c1-2-29-23(27)18-8-10-19(11-9-18)26-21-14-22(25-15-20(21)24)30-13-12-28-16-17-6-4-3-5-7-17/h3-7,14-15,18-19H,2,8-13,16,24H2,1H3,(H,25,26). The van der Waals surface area contributed by atoms with Crippen molar-refractivity contribution >= 4 is 17.3 Å². The van der Waals surface area contributed by atoms with Gasteiger partial charge in [-0.15, -0.1) is 0 Å². The Morgan fingerprint density at radius 2 is 1.93 bits per heavy atom. The second-order valence-electron chi connectivity index (χ2n) is 7.44. The molecular formula is C23H31N3O4. The summed E-state index contributed by atoms with van der Waals surface area (Å²) in [5.74, 6) is 0.437. The average molecular weight is 414 g/mol. The summed E-state index contributed by atoms with van der Waals surface area (Å²) >= 11 is 0. The fourth-order valence-corrected chi connectivity index (χ4v) is 3.57. The van der Waals surface area contributed by atoms with Crippen LogP contribution < -0.4 is 15.8 Å². The van der Waals surface area contributed by atoms with Gasteiger partial charge in [0, 0.05) is 12.1 Å². The molecule has 30 heavy (non-hydrogen) atoms. The second kappa shape index (κ2) is 11.4. The van der Waals surface area contributed by atoms with Crippen molar-refractivity contribution in [1.82, 2.24) is 4.98 Å². The molecule has 0 bridgehead atoms. The maximum Gasteiger partial charge on any atom is 0.308 e. The van der Waals surface area contributed by atoms with Gasteiger partial charge in [-0.2, -0.15) is 0 Å². The third-order valence-electron chi connectivity index (χ3n) is 5.21. The predicted octanol–water partition coefficient (Wildman–Crippen LogP) is 3.79. The van der Waals surface area contributed by atoms with E-state index in [1.165, 1.54) is 0 Å². The zero-order valence-electron chi connectivity index (χ0n) is 17.5. The van der Waals surface area contributed by atoms with Crippen LogP contribution in [0.4, 0.5) is 11.4 Å². The molecule has 2 aromatic rings. The average Bonchev–Trinajstić information content (AvgIpc) is 2.77. The van der Waals surface area contributed by atoms with E-state index < -0.39 is 0 Å². The van der Waals surface area contributed by atoms with Crippen LogP contribution in [0, 0.1) is 5.92 Å². The number of rotatable bonds is 10. The van der Waals surface area contributed by atoms with Crippen molar-refractivity contribution in [3.8, 4) is 5.88 Å². The summed E-state index contributed by atoms with van der Waals surface area (Å²) in [4.78, 5) is 16.1. The van der Waals surface area contributed by atoms with Crippen molar-refractivity contribution in [3.05, 3.63) is 48.2 Å². The van der Waals surface area contributed by atoms with E-state index >= 15 is 0 Å². The Morgan fingerprint density at radius 3 is 2.67 bits per heavy atom. The molecule has 3 N–H and O–H groups in total. The molecule has 1 saturated carbocycles. The lowest BCUT2D eigenvalue weighted by atomic mass is 9.86. The molecule has 1 heterocycles. The van der Waals surface area contributed by atoms with E-state index in [1.54, 1.807) is 6.20 Å². The van der Waals surface area contributed by atoms with Crippen LogP contribution in [0.3, 0.4) is 0 Å². The predicted molar refractivity (Wildman–Crippen MR) is 116 cm³/mol. The number of nitrogen functional groups attached to an aromatic ring is 1. The number of benzene rings is 1. The van der Waals surface area contributed by atoms with Gasteiger partial charge >= 0.3 is 5.97 Å². The maximum atomic E-state index is 11.9. The van der Waals surface area contributed by atoms with Crippen LogP contribution in [0.5, 0.6) is 5.88 Å². The van der Waals surface area contributed by atoms with Gasteiger partial charge in [0.1, 0.15) is 6.61 Å². The van der Waals surface area contributed by atoms with Gasteiger partial charge in [-0.25, -0.2) is 4.98 Å². The first-order valence-electron chi connectivity index (χ1n) is 10.6. The molecular weight excluding hydrogens is 382 g/mol. The summed E-state index contributed by atoms with van der Waals surface area (Å²) in [5, 5.41) is 3.48. The van der Waals surface area contributed by atoms with Crippen molar-refractivity contribution in [2.24, 2.45) is 5.92 Å². The van der Waals surface area contributed by atoms with Crippen LogP contribution in [-0.2, 0) is 20.9 Å². The minimum absolute atomic E-state index is 0.00701. The number of carbonyl (C=O) groups is 1. The van der Waals surface area contributed by atoms with Gasteiger partial charge in [0.05, 0.1) is 43.3 Å². The van der Waals surface area contributed by atoms with Crippen LogP contribution in [-0.4, -0.2) is 36.8 Å². The number of pyridine rings is 1. The van der Waals surface area contributed by atoms with Crippen molar-refractivity contribution in [3.63, 3.8) is 0 Å². The van der Waals surface area contributed by atoms with Gasteiger partial charge in [0.2, 0.25) is 5.88 Å². The van der Waals surface area contributed by atoms with E-state index in [0.29, 0.717) is 38.0 Å². The van der Waals surface area contributed by atoms with E-state index in [-0.39, 0.29) is 17.9 Å². The molecule has 1 aliphatic rings. The highest BCUT2D eigenvalue weighted by molar-refractivity contribution is 5.72. The van der Waals surface area contributed by atoms with Crippen molar-refractivity contribution in [1.29, 1.82) is 0 Å². The second-order valence-corrected chi connectivity index (χ2v) is 7.44. The summed E-state index contributed by atoms with van der Waals surface area (Å²) in [6, 6.07) is 12.1. The molecule has 0 amide bonds. The van der Waals surface area contributed by atoms with Gasteiger partial charge in [0.15, 0.2) is 0 Å². The van der Waals surface area contributed by atoms with Crippen LogP contribution in [0.2, 0.25) is 0 Å². The molecule has 0 aliphatic heterocycles. The van der Waals surface area contributed by atoms with Gasteiger partial charge in [-0.1, -0.05) is 30.3 Å². The number of hydrogen-bond donors (Lipinski definition) is 2. The van der Waals surface area contributed by atoms with E-state index in [2.05, 4.69) is 10.3 Å². The number of nitrogens with one attached hydrogen (secondary N) is 1. The van der Waals surface area contributed by atoms with E-state index in [1.807, 2.05) is 43.3 Å². The third-order valence-corrected chi connectivity index (χ3v) is 5.21. The normalized spacial score (nSPS) is 18.6. The van der Waals surface area contributed by atoms with Crippen LogP contribution >= 0.6 is 0 Å². The molecule has 3 rings (SSSR count). The lowest BCUT2D eigenvalue weighted by molar-refractivity contribution is -0.149. The van der Waals surface area contributed by atoms with E-state index in [0.717, 1.165) is 36.9 Å². The molecule has 1 aromatic heterocycles. The lowest BCUT2D eigenvalue weighted by Crippen LogP contribution is -2.30. The summed E-state index contributed by atoms with van der Waals surface area (Å²) < 4.78 is 16.5. The Labute approximate surface area is 177 Å². The highest BCUT2D eigenvalue weighted by Crippen LogP contribution is 2.30. The first-order valence-corrected chi connectivity index (χ1v) is 10.6. The number of esters is 1. The molecule has 0 radical (unpaired) electrons. The highest BCUT2D eigenvalue weighted by atomic mass is 16.5. The Bertz CT molecular complexity index is 792. The maximum absolute atomic E-state index is 11.9. The molecule has 7 nitrogen and oxygen atoms in total. The van der Waals surface area contributed by atoms with Gasteiger partial charge in [-0.05, 0) is 38.2 Å². The minimum atomic E-state index is -0.0791. The van der Waals surface area contributed by atoms with Gasteiger partial charge < -0.3 is 25.3 Å². The molecule has 0 unspecified atom stereocenters. The number of ether oxygens (including phenoxy) is 3. The zero-order valence-corrected chi connectivity index (χ0v) is 17.5. The topological polar surface area (TPSA) is 95.7 Å². The lowest BCUT2D eigenvalue weighted by Gasteiger charge is -2.29. The quantitative estimate of drug-likeness (QED) is 0.452. The zero-order chi connectivity index (χ0) is 21.2. The number of aromatic nitrogens is 1. The van der Waals surface area contributed by atoms with E-state index in [9.17, 15) is 4.79 Å². The third kappa shape index (κ3) is 6.62. The Kier molecular flexibility index (Phi) is 8.32. The molecule has 1 aromatic carbocycles. The number of anilines is 2. The van der Waals surface area contributed by atoms with Crippen LogP contribution in [0.25, 0.3) is 0 Å². The monoisotopic (exact) mass is 413 g/mol. The van der Waals surface area contributed by atoms with Crippen LogP contribution in [0.1, 0.15) is 38.2 Å².